The molecule has 3 aromatic heterocycles. The molecule has 0 aliphatic heterocycles. The Morgan fingerprint density at radius 1 is 1.14 bits per heavy atom. The van der Waals surface area contributed by atoms with Gasteiger partial charge in [-0.25, -0.2) is 9.78 Å². The zero-order chi connectivity index (χ0) is 25.3. The summed E-state index contributed by atoms with van der Waals surface area (Å²) < 4.78 is 8.84. The lowest BCUT2D eigenvalue weighted by Gasteiger charge is -2.13. The van der Waals surface area contributed by atoms with Crippen molar-refractivity contribution in [1.82, 2.24) is 19.3 Å². The smallest absolute Gasteiger partial charge is 0.339 e. The standard InChI is InChI=1S/C26H26N6O3/c1-15-11-20(23-17(3)30-31(5)25(23)28-15)26(34)35-14-22(33)29-24-21(12-27)16(2)18(4)32(24)13-19-9-7-6-8-10-19/h6-11H,13-14H2,1-5H3,(H,29,33). The zero-order valence-corrected chi connectivity index (χ0v) is 20.3. The van der Waals surface area contributed by atoms with Crippen LogP contribution in [0, 0.1) is 39.0 Å². The first kappa shape index (κ1) is 23.7. The van der Waals surface area contributed by atoms with Crippen molar-refractivity contribution in [2.24, 2.45) is 7.05 Å². The first-order valence-corrected chi connectivity index (χ1v) is 11.1. The van der Waals surface area contributed by atoms with E-state index in [-0.39, 0.29) is 0 Å². The Morgan fingerprint density at radius 3 is 2.54 bits per heavy atom. The number of pyridine rings is 1. The molecule has 0 aliphatic carbocycles. The molecule has 1 N–H and O–H groups in total. The predicted molar refractivity (Wildman–Crippen MR) is 131 cm³/mol. The van der Waals surface area contributed by atoms with E-state index in [1.54, 1.807) is 31.6 Å². The summed E-state index contributed by atoms with van der Waals surface area (Å²) >= 11 is 0. The third-order valence-corrected chi connectivity index (χ3v) is 6.03. The lowest BCUT2D eigenvalue weighted by Crippen LogP contribution is -2.23. The first-order valence-electron chi connectivity index (χ1n) is 11.1. The van der Waals surface area contributed by atoms with Crippen LogP contribution in [0.1, 0.15) is 44.1 Å². The second-order valence-electron chi connectivity index (χ2n) is 8.46. The number of nitriles is 1. The number of amides is 1. The maximum atomic E-state index is 12.9. The minimum atomic E-state index is -0.640. The van der Waals surface area contributed by atoms with Gasteiger partial charge in [0.1, 0.15) is 11.9 Å². The second kappa shape index (κ2) is 9.43. The van der Waals surface area contributed by atoms with E-state index in [1.807, 2.05) is 48.7 Å². The molecule has 1 amide bonds. The minimum absolute atomic E-state index is 0.308. The molecule has 0 radical (unpaired) electrons. The number of fused-ring (bicyclic) bond motifs is 1. The van der Waals surface area contributed by atoms with Gasteiger partial charge in [-0.05, 0) is 44.9 Å². The fraction of sp³-hybridized carbons (Fsp3) is 0.269. The van der Waals surface area contributed by atoms with E-state index in [9.17, 15) is 14.9 Å². The van der Waals surface area contributed by atoms with E-state index in [4.69, 9.17) is 4.74 Å². The largest absolute Gasteiger partial charge is 0.452 e. The monoisotopic (exact) mass is 470 g/mol. The van der Waals surface area contributed by atoms with Gasteiger partial charge in [0.05, 0.1) is 22.2 Å². The highest BCUT2D eigenvalue weighted by atomic mass is 16.5. The lowest BCUT2D eigenvalue weighted by atomic mass is 10.1. The van der Waals surface area contributed by atoms with Crippen molar-refractivity contribution in [1.29, 1.82) is 5.26 Å². The molecule has 0 saturated carbocycles. The number of ether oxygens (including phenoxy) is 1. The number of aryl methyl sites for hydroxylation is 3. The van der Waals surface area contributed by atoms with Crippen LogP contribution in [0.2, 0.25) is 0 Å². The van der Waals surface area contributed by atoms with Crippen molar-refractivity contribution in [3.05, 3.63) is 75.7 Å². The van der Waals surface area contributed by atoms with Gasteiger partial charge in [0.2, 0.25) is 0 Å². The molecule has 0 saturated heterocycles. The van der Waals surface area contributed by atoms with Crippen LogP contribution in [0.25, 0.3) is 11.0 Å². The van der Waals surface area contributed by atoms with Crippen LogP contribution < -0.4 is 5.32 Å². The summed E-state index contributed by atoms with van der Waals surface area (Å²) in [5.74, 6) is -0.788. The van der Waals surface area contributed by atoms with Crippen molar-refractivity contribution < 1.29 is 14.3 Å². The van der Waals surface area contributed by atoms with E-state index in [1.165, 1.54) is 0 Å². The number of benzene rings is 1. The topological polar surface area (TPSA) is 115 Å². The number of carbonyl (C=O) groups is 2. The molecule has 1 aromatic carbocycles. The van der Waals surface area contributed by atoms with Gasteiger partial charge in [-0.3, -0.25) is 9.48 Å². The summed E-state index contributed by atoms with van der Waals surface area (Å²) in [4.78, 5) is 30.1. The van der Waals surface area contributed by atoms with Gasteiger partial charge in [0.25, 0.3) is 5.91 Å². The molecular weight excluding hydrogens is 444 g/mol. The van der Waals surface area contributed by atoms with Crippen molar-refractivity contribution in [3.63, 3.8) is 0 Å². The van der Waals surface area contributed by atoms with E-state index in [2.05, 4.69) is 21.5 Å². The van der Waals surface area contributed by atoms with E-state index >= 15 is 0 Å². The molecule has 35 heavy (non-hydrogen) atoms. The van der Waals surface area contributed by atoms with E-state index < -0.39 is 18.5 Å². The van der Waals surface area contributed by atoms with E-state index in [0.29, 0.717) is 45.9 Å². The Morgan fingerprint density at radius 2 is 1.86 bits per heavy atom. The van der Waals surface area contributed by atoms with Crippen LogP contribution in [0.15, 0.2) is 36.4 Å². The average molecular weight is 471 g/mol. The van der Waals surface area contributed by atoms with Crippen LogP contribution in [0.4, 0.5) is 5.82 Å². The lowest BCUT2D eigenvalue weighted by molar-refractivity contribution is -0.119. The van der Waals surface area contributed by atoms with Gasteiger partial charge in [0.15, 0.2) is 12.3 Å². The Balaban J connectivity index is 1.55. The number of carbonyl (C=O) groups excluding carboxylic acids is 2. The molecule has 0 aliphatic rings. The summed E-state index contributed by atoms with van der Waals surface area (Å²) in [6.07, 6.45) is 0. The third kappa shape index (κ3) is 4.51. The average Bonchev–Trinajstić information content (AvgIpc) is 3.24. The Hall–Kier alpha value is -4.45. The van der Waals surface area contributed by atoms with Gasteiger partial charge in [-0.2, -0.15) is 10.4 Å². The van der Waals surface area contributed by atoms with Crippen molar-refractivity contribution in [2.45, 2.75) is 34.2 Å². The number of anilines is 1. The first-order chi connectivity index (χ1) is 16.7. The number of esters is 1. The van der Waals surface area contributed by atoms with Gasteiger partial charge < -0.3 is 14.6 Å². The Kier molecular flexibility index (Phi) is 6.38. The molecule has 0 atom stereocenters. The normalized spacial score (nSPS) is 10.9. The second-order valence-corrected chi connectivity index (χ2v) is 8.46. The van der Waals surface area contributed by atoms with Crippen LogP contribution >= 0.6 is 0 Å². The molecule has 9 heteroatoms. The van der Waals surface area contributed by atoms with Gasteiger partial charge in [0, 0.05) is 25.0 Å². The number of aromatic nitrogens is 4. The Bertz CT molecular complexity index is 1490. The molecular formula is C26H26N6O3. The molecule has 0 bridgehead atoms. The molecule has 178 valence electrons. The molecule has 0 spiro atoms. The van der Waals surface area contributed by atoms with Gasteiger partial charge in [-0.1, -0.05) is 30.3 Å². The quantitative estimate of drug-likeness (QED) is 0.430. The molecule has 4 rings (SSSR count). The van der Waals surface area contributed by atoms with Crippen LogP contribution in [0.3, 0.4) is 0 Å². The molecule has 3 heterocycles. The van der Waals surface area contributed by atoms with Crippen molar-refractivity contribution >= 4 is 28.7 Å². The zero-order valence-electron chi connectivity index (χ0n) is 20.3. The maximum Gasteiger partial charge on any atom is 0.339 e. The SMILES string of the molecule is Cc1cc(C(=O)OCC(=O)Nc2c(C#N)c(C)c(C)n2Cc2ccccc2)c2c(C)nn(C)c2n1. The number of hydrogen-bond donors (Lipinski definition) is 1. The van der Waals surface area contributed by atoms with Crippen molar-refractivity contribution in [2.75, 3.05) is 11.9 Å². The summed E-state index contributed by atoms with van der Waals surface area (Å²) in [5.41, 5.74) is 5.24. The van der Waals surface area contributed by atoms with Crippen molar-refractivity contribution in [3.8, 4) is 6.07 Å². The van der Waals surface area contributed by atoms with Crippen LogP contribution in [0.5, 0.6) is 0 Å². The van der Waals surface area contributed by atoms with Gasteiger partial charge in [-0.15, -0.1) is 0 Å². The molecule has 0 unspecified atom stereocenters. The fourth-order valence-electron chi connectivity index (χ4n) is 4.20. The fourth-order valence-corrected chi connectivity index (χ4v) is 4.20. The highest BCUT2D eigenvalue weighted by Crippen LogP contribution is 2.27. The molecule has 9 nitrogen and oxygen atoms in total. The third-order valence-electron chi connectivity index (χ3n) is 6.03. The summed E-state index contributed by atoms with van der Waals surface area (Å²) in [6, 6.07) is 13.6. The highest BCUT2D eigenvalue weighted by Gasteiger charge is 2.22. The Labute approximate surface area is 203 Å². The van der Waals surface area contributed by atoms with Crippen LogP contribution in [-0.2, 0) is 23.1 Å². The summed E-state index contributed by atoms with van der Waals surface area (Å²) in [6.45, 7) is 7.30. The maximum absolute atomic E-state index is 12.9. The summed E-state index contributed by atoms with van der Waals surface area (Å²) in [7, 11) is 1.76. The summed E-state index contributed by atoms with van der Waals surface area (Å²) in [5, 5.41) is 17.4. The molecule has 0 fully saturated rings. The van der Waals surface area contributed by atoms with Crippen LogP contribution in [-0.4, -0.2) is 37.8 Å². The predicted octanol–water partition coefficient (Wildman–Crippen LogP) is 3.72. The van der Waals surface area contributed by atoms with E-state index in [0.717, 1.165) is 16.8 Å². The number of hydrogen-bond acceptors (Lipinski definition) is 6. The number of nitrogens with zero attached hydrogens (tertiary/aromatic N) is 5. The number of nitrogens with one attached hydrogen (secondary N) is 1. The molecule has 4 aromatic rings. The number of rotatable bonds is 6. The van der Waals surface area contributed by atoms with Gasteiger partial charge >= 0.3 is 5.97 Å². The minimum Gasteiger partial charge on any atom is -0.452 e. The highest BCUT2D eigenvalue weighted by molar-refractivity contribution is 6.05.